The number of anilines is 4. The quantitative estimate of drug-likeness (QED) is 0.422. The molecule has 1 aliphatic rings. The van der Waals surface area contributed by atoms with E-state index in [1.807, 2.05) is 37.4 Å². The zero-order valence-electron chi connectivity index (χ0n) is 20.1. The number of likely N-dealkylation sites (N-methyl/N-ethyl adjacent to an activating group) is 1. The van der Waals surface area contributed by atoms with E-state index in [0.29, 0.717) is 23.4 Å². The lowest BCUT2D eigenvalue weighted by Gasteiger charge is -2.24. The Bertz CT molecular complexity index is 1330. The number of benzene rings is 2. The van der Waals surface area contributed by atoms with Gasteiger partial charge < -0.3 is 30.2 Å². The van der Waals surface area contributed by atoms with E-state index in [9.17, 15) is 0 Å². The van der Waals surface area contributed by atoms with Gasteiger partial charge in [-0.1, -0.05) is 18.2 Å². The van der Waals surface area contributed by atoms with Crippen LogP contribution in [0, 0.1) is 0 Å². The molecule has 0 saturated carbocycles. The van der Waals surface area contributed by atoms with Gasteiger partial charge >= 0.3 is 0 Å². The number of para-hydroxylation sites is 1. The first-order chi connectivity index (χ1) is 16.4. The Kier molecular flexibility index (Phi) is 5.75. The summed E-state index contributed by atoms with van der Waals surface area (Å²) in [6, 6.07) is 14.7. The van der Waals surface area contributed by atoms with Gasteiger partial charge in [0.15, 0.2) is 0 Å². The summed E-state index contributed by atoms with van der Waals surface area (Å²) in [7, 11) is 7.96. The van der Waals surface area contributed by atoms with Gasteiger partial charge in [0.05, 0.1) is 29.9 Å². The molecule has 3 N–H and O–H groups in total. The first-order valence-electron chi connectivity index (χ1n) is 11.5. The zero-order valence-corrected chi connectivity index (χ0v) is 20.1. The van der Waals surface area contributed by atoms with Gasteiger partial charge in [-0.2, -0.15) is 0 Å². The van der Waals surface area contributed by atoms with Crippen molar-refractivity contribution in [2.45, 2.75) is 12.5 Å². The van der Waals surface area contributed by atoms with Gasteiger partial charge in [-0.15, -0.1) is 0 Å². The Hall–Kier alpha value is -3.78. The number of fused-ring (bicyclic) bond motifs is 1. The molecule has 4 aromatic rings. The molecule has 2 aromatic heterocycles. The predicted octanol–water partition coefficient (Wildman–Crippen LogP) is 4.11. The Balaban J connectivity index is 1.44. The summed E-state index contributed by atoms with van der Waals surface area (Å²) in [4.78, 5) is 13.8. The first kappa shape index (κ1) is 22.0. The number of nitrogen functional groups attached to an aromatic ring is 1. The van der Waals surface area contributed by atoms with Gasteiger partial charge in [0.25, 0.3) is 0 Å². The standard InChI is InChI=1S/C26H31N7O/c1-31(2)17-10-12-33(15-17)24-14-25(34-4)22(13-20(24)27)30-26-28-11-9-21(29-26)19-16-32(3)23-8-6-5-7-18(19)23/h5-9,11,13-14,16-17H,10,12,15,27H2,1-4H3,(H,28,29,30)/t17-/m1/s1. The van der Waals surface area contributed by atoms with Crippen molar-refractivity contribution in [3.05, 3.63) is 54.9 Å². The highest BCUT2D eigenvalue weighted by molar-refractivity contribution is 5.95. The van der Waals surface area contributed by atoms with Gasteiger partial charge in [-0.3, -0.25) is 0 Å². The van der Waals surface area contributed by atoms with E-state index in [-0.39, 0.29) is 0 Å². The fourth-order valence-electron chi connectivity index (χ4n) is 4.74. The van der Waals surface area contributed by atoms with Crippen molar-refractivity contribution < 1.29 is 4.74 Å². The minimum absolute atomic E-state index is 0.490. The average Bonchev–Trinajstić information content (AvgIpc) is 3.45. The molecule has 1 saturated heterocycles. The molecule has 2 aromatic carbocycles. The molecule has 176 valence electrons. The van der Waals surface area contributed by atoms with Crippen molar-refractivity contribution in [2.24, 2.45) is 7.05 Å². The number of methoxy groups -OCH3 is 1. The summed E-state index contributed by atoms with van der Waals surface area (Å²) in [6.45, 7) is 1.92. The second-order valence-corrected chi connectivity index (χ2v) is 9.02. The molecule has 0 spiro atoms. The molecule has 0 bridgehead atoms. The normalized spacial score (nSPS) is 15.9. The minimum atomic E-state index is 0.490. The van der Waals surface area contributed by atoms with Crippen LogP contribution in [0.25, 0.3) is 22.2 Å². The predicted molar refractivity (Wildman–Crippen MR) is 139 cm³/mol. The van der Waals surface area contributed by atoms with Crippen LogP contribution >= 0.6 is 0 Å². The van der Waals surface area contributed by atoms with Crippen LogP contribution in [0.5, 0.6) is 5.75 Å². The first-order valence-corrected chi connectivity index (χ1v) is 11.5. The zero-order chi connectivity index (χ0) is 23.8. The minimum Gasteiger partial charge on any atom is -0.494 e. The van der Waals surface area contributed by atoms with E-state index in [1.165, 1.54) is 0 Å². The van der Waals surface area contributed by atoms with E-state index in [2.05, 4.69) is 57.1 Å². The van der Waals surface area contributed by atoms with Gasteiger partial charge in [0.2, 0.25) is 5.95 Å². The molecule has 0 radical (unpaired) electrons. The highest BCUT2D eigenvalue weighted by Gasteiger charge is 2.26. The highest BCUT2D eigenvalue weighted by atomic mass is 16.5. The molecule has 0 aliphatic carbocycles. The lowest BCUT2D eigenvalue weighted by Crippen LogP contribution is -2.31. The van der Waals surface area contributed by atoms with E-state index in [0.717, 1.165) is 53.0 Å². The Morgan fingerprint density at radius 2 is 2.00 bits per heavy atom. The second kappa shape index (κ2) is 8.87. The summed E-state index contributed by atoms with van der Waals surface area (Å²) in [5.74, 6) is 1.20. The van der Waals surface area contributed by atoms with Gasteiger partial charge in [0, 0.05) is 61.1 Å². The van der Waals surface area contributed by atoms with Crippen LogP contribution in [0.3, 0.4) is 0 Å². The Morgan fingerprint density at radius 1 is 1.18 bits per heavy atom. The molecule has 0 unspecified atom stereocenters. The summed E-state index contributed by atoms with van der Waals surface area (Å²) < 4.78 is 7.82. The molecule has 3 heterocycles. The van der Waals surface area contributed by atoms with E-state index in [1.54, 1.807) is 13.3 Å². The average molecular weight is 458 g/mol. The smallest absolute Gasteiger partial charge is 0.227 e. The lowest BCUT2D eigenvalue weighted by atomic mass is 10.1. The molecule has 0 amide bonds. The number of ether oxygens (including phenoxy) is 1. The van der Waals surface area contributed by atoms with Crippen molar-refractivity contribution >= 4 is 33.9 Å². The Morgan fingerprint density at radius 3 is 2.76 bits per heavy atom. The van der Waals surface area contributed by atoms with Gasteiger partial charge in [-0.25, -0.2) is 9.97 Å². The monoisotopic (exact) mass is 457 g/mol. The molecule has 8 nitrogen and oxygen atoms in total. The SMILES string of the molecule is COc1cc(N2CC[C@@H](N(C)C)C2)c(N)cc1Nc1nccc(-c2cn(C)c3ccccc23)n1. The summed E-state index contributed by atoms with van der Waals surface area (Å²) in [5.41, 5.74) is 12.0. The molecule has 5 rings (SSSR count). The molecular formula is C26H31N7O. The van der Waals surface area contributed by atoms with Crippen molar-refractivity contribution in [3.8, 4) is 17.0 Å². The van der Waals surface area contributed by atoms with Crippen LogP contribution in [0.4, 0.5) is 23.0 Å². The number of hydrogen-bond acceptors (Lipinski definition) is 7. The molecule has 1 atom stereocenters. The molecule has 8 heteroatoms. The third-order valence-electron chi connectivity index (χ3n) is 6.66. The van der Waals surface area contributed by atoms with Crippen LogP contribution in [-0.2, 0) is 7.05 Å². The van der Waals surface area contributed by atoms with Crippen molar-refractivity contribution in [3.63, 3.8) is 0 Å². The number of aromatic nitrogens is 3. The third kappa shape index (κ3) is 4.01. The fraction of sp³-hybridized carbons (Fsp3) is 0.308. The van der Waals surface area contributed by atoms with Crippen LogP contribution in [0.15, 0.2) is 54.9 Å². The molecule has 34 heavy (non-hydrogen) atoms. The number of nitrogens with two attached hydrogens (primary N) is 1. The van der Waals surface area contributed by atoms with Gasteiger partial charge in [0.1, 0.15) is 5.75 Å². The van der Waals surface area contributed by atoms with Crippen LogP contribution in [-0.4, -0.2) is 59.8 Å². The number of nitrogens with one attached hydrogen (secondary N) is 1. The number of hydrogen-bond donors (Lipinski definition) is 2. The largest absolute Gasteiger partial charge is 0.494 e. The van der Waals surface area contributed by atoms with E-state index >= 15 is 0 Å². The van der Waals surface area contributed by atoms with Crippen LogP contribution < -0.4 is 20.7 Å². The van der Waals surface area contributed by atoms with Crippen molar-refractivity contribution in [2.75, 3.05) is 50.2 Å². The number of nitrogens with zero attached hydrogens (tertiary/aromatic N) is 5. The number of aryl methyl sites for hydroxylation is 1. The summed E-state index contributed by atoms with van der Waals surface area (Å²) in [5, 5.41) is 4.47. The Labute approximate surface area is 200 Å². The van der Waals surface area contributed by atoms with Crippen LogP contribution in [0.1, 0.15) is 6.42 Å². The van der Waals surface area contributed by atoms with E-state index in [4.69, 9.17) is 15.5 Å². The number of rotatable bonds is 6. The maximum absolute atomic E-state index is 6.49. The van der Waals surface area contributed by atoms with Crippen LogP contribution in [0.2, 0.25) is 0 Å². The lowest BCUT2D eigenvalue weighted by molar-refractivity contribution is 0.315. The van der Waals surface area contributed by atoms with Gasteiger partial charge in [-0.05, 0) is 38.7 Å². The second-order valence-electron chi connectivity index (χ2n) is 9.02. The summed E-state index contributed by atoms with van der Waals surface area (Å²) in [6.07, 6.45) is 4.98. The summed E-state index contributed by atoms with van der Waals surface area (Å²) >= 11 is 0. The van der Waals surface area contributed by atoms with Crippen molar-refractivity contribution in [1.82, 2.24) is 19.4 Å². The van der Waals surface area contributed by atoms with Crippen molar-refractivity contribution in [1.29, 1.82) is 0 Å². The maximum Gasteiger partial charge on any atom is 0.227 e. The maximum atomic E-state index is 6.49. The molecule has 1 fully saturated rings. The third-order valence-corrected chi connectivity index (χ3v) is 6.66. The molecular weight excluding hydrogens is 426 g/mol. The molecule has 1 aliphatic heterocycles. The highest BCUT2D eigenvalue weighted by Crippen LogP contribution is 2.38. The fourth-order valence-corrected chi connectivity index (χ4v) is 4.74. The topological polar surface area (TPSA) is 84.5 Å². The van der Waals surface area contributed by atoms with E-state index < -0.39 is 0 Å².